The summed E-state index contributed by atoms with van der Waals surface area (Å²) in [5.41, 5.74) is 2.55. The number of aliphatic hydroxyl groups is 2. The Morgan fingerprint density at radius 2 is 1.56 bits per heavy atom. The van der Waals surface area contributed by atoms with Crippen LogP contribution < -0.4 is 4.90 Å². The maximum absolute atomic E-state index is 9.51. The van der Waals surface area contributed by atoms with Gasteiger partial charge in [0, 0.05) is 31.1 Å². The van der Waals surface area contributed by atoms with Crippen molar-refractivity contribution < 1.29 is 24.4 Å². The van der Waals surface area contributed by atoms with Crippen molar-refractivity contribution in [3.63, 3.8) is 0 Å². The van der Waals surface area contributed by atoms with Crippen LogP contribution in [0.15, 0.2) is 18.2 Å². The largest absolute Gasteiger partial charge is 0.392 e. The van der Waals surface area contributed by atoms with E-state index in [-0.39, 0.29) is 22.7 Å². The van der Waals surface area contributed by atoms with Gasteiger partial charge in [-0.2, -0.15) is 0 Å². The average molecular weight is 420 g/mol. The predicted octanol–water partition coefficient (Wildman–Crippen LogP) is 1.26. The second-order valence-electron chi connectivity index (χ2n) is 6.30. The van der Waals surface area contributed by atoms with E-state index in [1.165, 1.54) is 0 Å². The van der Waals surface area contributed by atoms with Crippen molar-refractivity contribution in [3.05, 3.63) is 29.3 Å². The Hall–Kier alpha value is -0.610. The number of hydrogen-bond donors (Lipinski definition) is 2. The molecule has 1 unspecified atom stereocenters. The molecule has 0 aliphatic heterocycles. The van der Waals surface area contributed by atoms with Crippen molar-refractivity contribution in [2.75, 3.05) is 64.4 Å². The van der Waals surface area contributed by atoms with E-state index in [2.05, 4.69) is 18.1 Å². The van der Waals surface area contributed by atoms with Gasteiger partial charge in [0.2, 0.25) is 0 Å². The molecule has 0 amide bonds. The van der Waals surface area contributed by atoms with Gasteiger partial charge in [-0.05, 0) is 29.5 Å². The molecular weight excluding hydrogens is 386 g/mol. The Morgan fingerprint density at radius 1 is 1.00 bits per heavy atom. The monoisotopic (exact) mass is 419 g/mol. The van der Waals surface area contributed by atoms with Crippen LogP contribution in [-0.2, 0) is 48.1 Å². The van der Waals surface area contributed by atoms with E-state index in [1.807, 2.05) is 18.2 Å². The van der Waals surface area contributed by atoms with E-state index in [9.17, 15) is 10.2 Å². The highest BCUT2D eigenvalue weighted by molar-refractivity contribution is 8.28. The highest BCUT2D eigenvalue weighted by Crippen LogP contribution is 2.21. The van der Waals surface area contributed by atoms with Gasteiger partial charge in [-0.25, -0.2) is 0 Å². The Bertz CT molecular complexity index is 537. The van der Waals surface area contributed by atoms with Gasteiger partial charge in [0.1, 0.15) is 0 Å². The van der Waals surface area contributed by atoms with Crippen LogP contribution in [0.5, 0.6) is 0 Å². The molecule has 8 heteroatoms. The number of hydrogen-bond acceptors (Lipinski definition) is 7. The van der Waals surface area contributed by atoms with Crippen LogP contribution in [0, 0.1) is 0 Å². The van der Waals surface area contributed by atoms with E-state index < -0.39 is 0 Å². The molecule has 0 aromatic heterocycles. The van der Waals surface area contributed by atoms with E-state index in [1.54, 1.807) is 7.11 Å². The summed E-state index contributed by atoms with van der Waals surface area (Å²) in [6, 6.07) is 5.73. The fourth-order valence-electron chi connectivity index (χ4n) is 2.49. The zero-order chi connectivity index (χ0) is 20.1. The Balaban J connectivity index is 2.67. The van der Waals surface area contributed by atoms with Crippen molar-refractivity contribution in [1.29, 1.82) is 0 Å². The lowest BCUT2D eigenvalue weighted by Crippen LogP contribution is -2.35. The third-order valence-corrected chi connectivity index (χ3v) is 6.39. The zero-order valence-electron chi connectivity index (χ0n) is 16.6. The first-order chi connectivity index (χ1) is 13.0. The van der Waals surface area contributed by atoms with Crippen molar-refractivity contribution >= 4 is 26.3 Å². The van der Waals surface area contributed by atoms with Crippen LogP contribution in [0.3, 0.4) is 0 Å². The molecule has 2 N–H and O–H groups in total. The molecule has 0 spiro atoms. The van der Waals surface area contributed by atoms with E-state index in [0.29, 0.717) is 44.8 Å². The second kappa shape index (κ2) is 14.4. The molecule has 1 rings (SSSR count). The summed E-state index contributed by atoms with van der Waals surface area (Å²) in [6.07, 6.45) is 2.06. The molecule has 2 atom stereocenters. The molecule has 156 valence electrons. The summed E-state index contributed by atoms with van der Waals surface area (Å²) in [5, 5.41) is 19.4. The summed E-state index contributed by atoms with van der Waals surface area (Å²) in [7, 11) is 1.53. The standard InChI is InChI=1S/C19H33NO5S2/c1-16(27(3)26)13-20(4-5-24-8-9-25-7-6-23-2)19-11-17(14-21)10-18(12-19)15-22/h10-12,16,21-22H,4-9,13-15H2,1-3H3/t16-,27?/m0/s1. The highest BCUT2D eigenvalue weighted by Gasteiger charge is 2.14. The number of methoxy groups -OCH3 is 1. The molecule has 0 saturated heterocycles. The maximum atomic E-state index is 9.51. The van der Waals surface area contributed by atoms with Crippen molar-refractivity contribution in [1.82, 2.24) is 0 Å². The lowest BCUT2D eigenvalue weighted by atomic mass is 10.1. The first-order valence-corrected chi connectivity index (χ1v) is 11.7. The average Bonchev–Trinajstić information content (AvgIpc) is 2.68. The van der Waals surface area contributed by atoms with Gasteiger partial charge in [-0.15, -0.1) is 9.45 Å². The van der Waals surface area contributed by atoms with Crippen LogP contribution in [0.4, 0.5) is 5.69 Å². The van der Waals surface area contributed by atoms with Crippen molar-refractivity contribution in [2.45, 2.75) is 25.4 Å². The third-order valence-electron chi connectivity index (χ3n) is 4.12. The number of ether oxygens (including phenoxy) is 3. The van der Waals surface area contributed by atoms with E-state index in [4.69, 9.17) is 25.4 Å². The molecular formula is C19H33NO5S2. The van der Waals surface area contributed by atoms with Crippen LogP contribution in [0.1, 0.15) is 18.1 Å². The first kappa shape index (κ1) is 24.4. The third kappa shape index (κ3) is 9.94. The molecule has 0 aliphatic rings. The van der Waals surface area contributed by atoms with Gasteiger partial charge in [-0.1, -0.05) is 24.2 Å². The molecule has 1 aromatic rings. The highest BCUT2D eigenvalue weighted by atomic mass is 32.8. The minimum Gasteiger partial charge on any atom is -0.392 e. The Morgan fingerprint density at radius 3 is 2.07 bits per heavy atom. The Kier molecular flexibility index (Phi) is 13.0. The molecule has 0 heterocycles. The number of anilines is 1. The SMILES string of the molecule is COCCOCCOCCN(C[C@H](C)S(C)=S)c1cc(CO)cc(CO)c1. The Labute approximate surface area is 170 Å². The molecule has 27 heavy (non-hydrogen) atoms. The number of nitrogens with zero attached hydrogens (tertiary/aromatic N) is 1. The van der Waals surface area contributed by atoms with E-state index in [0.717, 1.165) is 23.4 Å². The van der Waals surface area contributed by atoms with E-state index >= 15 is 0 Å². The smallest absolute Gasteiger partial charge is 0.0701 e. The number of aliphatic hydroxyl groups excluding tert-OH is 2. The van der Waals surface area contributed by atoms with Crippen LogP contribution in [0.2, 0.25) is 0 Å². The molecule has 1 aromatic carbocycles. The minimum atomic E-state index is -0.112. The van der Waals surface area contributed by atoms with Gasteiger partial charge >= 0.3 is 0 Å². The summed E-state index contributed by atoms with van der Waals surface area (Å²) in [5.74, 6) is 0. The van der Waals surface area contributed by atoms with Crippen molar-refractivity contribution in [2.24, 2.45) is 0 Å². The number of rotatable bonds is 15. The minimum absolute atomic E-state index is 0.0568. The molecule has 0 bridgehead atoms. The summed E-state index contributed by atoms with van der Waals surface area (Å²) >= 11 is 5.43. The van der Waals surface area contributed by atoms with Crippen LogP contribution >= 0.6 is 0 Å². The second-order valence-corrected chi connectivity index (χ2v) is 9.68. The van der Waals surface area contributed by atoms with Crippen molar-refractivity contribution in [3.8, 4) is 0 Å². The molecule has 0 aliphatic carbocycles. The van der Waals surface area contributed by atoms with Gasteiger partial charge in [0.05, 0.1) is 46.2 Å². The van der Waals surface area contributed by atoms with Gasteiger partial charge in [0.25, 0.3) is 0 Å². The topological polar surface area (TPSA) is 71.4 Å². The molecule has 0 fully saturated rings. The molecule has 6 nitrogen and oxygen atoms in total. The lowest BCUT2D eigenvalue weighted by molar-refractivity contribution is 0.0264. The fourth-order valence-corrected chi connectivity index (χ4v) is 3.06. The quantitative estimate of drug-likeness (QED) is 0.415. The molecule has 0 saturated carbocycles. The lowest BCUT2D eigenvalue weighted by Gasteiger charge is -2.29. The van der Waals surface area contributed by atoms with Gasteiger partial charge in [-0.3, -0.25) is 0 Å². The normalized spacial score (nSPS) is 13.5. The predicted molar refractivity (Wildman–Crippen MR) is 114 cm³/mol. The maximum Gasteiger partial charge on any atom is 0.0701 e. The summed E-state index contributed by atoms with van der Waals surface area (Å²) < 4.78 is 16.0. The summed E-state index contributed by atoms with van der Waals surface area (Å²) in [4.78, 5) is 2.21. The van der Waals surface area contributed by atoms with Gasteiger partial charge < -0.3 is 29.3 Å². The first-order valence-electron chi connectivity index (χ1n) is 9.08. The summed E-state index contributed by atoms with van der Waals surface area (Å²) in [6.45, 7) is 6.33. The fraction of sp³-hybridized carbons (Fsp3) is 0.684. The van der Waals surface area contributed by atoms with Crippen LogP contribution in [-0.4, -0.2) is 75.0 Å². The zero-order valence-corrected chi connectivity index (χ0v) is 18.2. The molecule has 0 radical (unpaired) electrons. The number of benzene rings is 1. The van der Waals surface area contributed by atoms with Gasteiger partial charge in [0.15, 0.2) is 0 Å². The van der Waals surface area contributed by atoms with Crippen LogP contribution in [0.25, 0.3) is 0 Å².